The molecule has 0 unspecified atom stereocenters. The van der Waals surface area contributed by atoms with Crippen LogP contribution in [0.1, 0.15) is 29.8 Å². The van der Waals surface area contributed by atoms with Gasteiger partial charge < -0.3 is 14.8 Å². The zero-order chi connectivity index (χ0) is 15.6. The molecule has 3 rings (SSSR count). The Labute approximate surface area is 129 Å². The largest absolute Gasteiger partial charge is 0.486 e. The average molecular weight is 298 g/mol. The number of ether oxygens (including phenoxy) is 2. The number of benzene rings is 1. The van der Waals surface area contributed by atoms with Crippen LogP contribution in [0.15, 0.2) is 42.7 Å². The molecule has 0 saturated heterocycles. The summed E-state index contributed by atoms with van der Waals surface area (Å²) in [5.41, 5.74) is 0.949. The summed E-state index contributed by atoms with van der Waals surface area (Å²) in [6.07, 6.45) is 3.19. The van der Waals surface area contributed by atoms with Crippen LogP contribution >= 0.6 is 0 Å². The second kappa shape index (κ2) is 5.67. The van der Waals surface area contributed by atoms with Gasteiger partial charge in [0.1, 0.15) is 13.2 Å². The van der Waals surface area contributed by atoms with E-state index in [0.717, 1.165) is 11.3 Å². The minimum atomic E-state index is -0.539. The Hall–Kier alpha value is -2.56. The Kier molecular flexibility index (Phi) is 3.71. The zero-order valence-corrected chi connectivity index (χ0v) is 12.6. The third-order valence-electron chi connectivity index (χ3n) is 3.61. The molecule has 1 amide bonds. The van der Waals surface area contributed by atoms with E-state index in [4.69, 9.17) is 9.47 Å². The van der Waals surface area contributed by atoms with Gasteiger partial charge in [-0.2, -0.15) is 0 Å². The average Bonchev–Trinajstić information content (AvgIpc) is 2.55. The molecule has 114 valence electrons. The Morgan fingerprint density at radius 3 is 2.68 bits per heavy atom. The fourth-order valence-corrected chi connectivity index (χ4v) is 2.36. The number of carbonyl (C=O) groups excluding carboxylic acids is 1. The fourth-order valence-electron chi connectivity index (χ4n) is 2.36. The molecule has 1 aromatic heterocycles. The second-order valence-corrected chi connectivity index (χ2v) is 5.68. The molecule has 1 aliphatic rings. The highest BCUT2D eigenvalue weighted by Gasteiger charge is 2.25. The highest BCUT2D eigenvalue weighted by Crippen LogP contribution is 2.34. The lowest BCUT2D eigenvalue weighted by atomic mass is 9.93. The first-order valence-electron chi connectivity index (χ1n) is 7.19. The number of amides is 1. The van der Waals surface area contributed by atoms with E-state index in [1.54, 1.807) is 24.5 Å². The molecule has 0 bridgehead atoms. The summed E-state index contributed by atoms with van der Waals surface area (Å²) in [5, 5.41) is 3.02. The molecular weight excluding hydrogens is 280 g/mol. The maximum absolute atomic E-state index is 12.3. The molecule has 0 aliphatic carbocycles. The van der Waals surface area contributed by atoms with Gasteiger partial charge in [0.25, 0.3) is 5.91 Å². The van der Waals surface area contributed by atoms with Gasteiger partial charge in [0, 0.05) is 12.4 Å². The van der Waals surface area contributed by atoms with E-state index in [1.807, 2.05) is 32.0 Å². The van der Waals surface area contributed by atoms with Crippen LogP contribution in [0.3, 0.4) is 0 Å². The molecule has 0 radical (unpaired) electrons. The summed E-state index contributed by atoms with van der Waals surface area (Å²) in [6, 6.07) is 9.21. The normalized spacial score (nSPS) is 13.5. The van der Waals surface area contributed by atoms with E-state index in [0.29, 0.717) is 24.5 Å². The van der Waals surface area contributed by atoms with E-state index in [2.05, 4.69) is 10.3 Å². The van der Waals surface area contributed by atoms with E-state index >= 15 is 0 Å². The van der Waals surface area contributed by atoms with Crippen molar-refractivity contribution in [2.24, 2.45) is 0 Å². The standard InChI is InChI=1S/C17H18N2O3/c1-17(2,19-16(20)12-4-3-7-18-11-12)13-5-6-14-15(10-13)22-9-8-21-14/h3-7,10-11H,8-9H2,1-2H3,(H,19,20). The van der Waals surface area contributed by atoms with E-state index in [1.165, 1.54) is 0 Å². The first-order valence-corrected chi connectivity index (χ1v) is 7.19. The van der Waals surface area contributed by atoms with Crippen molar-refractivity contribution in [3.63, 3.8) is 0 Å². The van der Waals surface area contributed by atoms with Gasteiger partial charge in [-0.1, -0.05) is 6.07 Å². The number of hydrogen-bond donors (Lipinski definition) is 1. The zero-order valence-electron chi connectivity index (χ0n) is 12.6. The molecule has 1 aliphatic heterocycles. The van der Waals surface area contributed by atoms with E-state index < -0.39 is 5.54 Å². The van der Waals surface area contributed by atoms with Crippen LogP contribution < -0.4 is 14.8 Å². The highest BCUT2D eigenvalue weighted by molar-refractivity contribution is 5.94. The maximum atomic E-state index is 12.3. The molecular formula is C17H18N2O3. The quantitative estimate of drug-likeness (QED) is 0.946. The lowest BCUT2D eigenvalue weighted by Gasteiger charge is -2.28. The Balaban J connectivity index is 1.82. The van der Waals surface area contributed by atoms with Crippen molar-refractivity contribution in [1.29, 1.82) is 0 Å². The van der Waals surface area contributed by atoms with Gasteiger partial charge in [-0.15, -0.1) is 0 Å². The van der Waals surface area contributed by atoms with Crippen LogP contribution in [-0.4, -0.2) is 24.1 Å². The topological polar surface area (TPSA) is 60.5 Å². The van der Waals surface area contributed by atoms with Crippen LogP contribution in [0.5, 0.6) is 11.5 Å². The van der Waals surface area contributed by atoms with Crippen LogP contribution in [0.2, 0.25) is 0 Å². The Morgan fingerprint density at radius 1 is 1.18 bits per heavy atom. The maximum Gasteiger partial charge on any atom is 0.253 e. The van der Waals surface area contributed by atoms with Crippen LogP contribution in [-0.2, 0) is 5.54 Å². The second-order valence-electron chi connectivity index (χ2n) is 5.68. The lowest BCUT2D eigenvalue weighted by molar-refractivity contribution is 0.0911. The summed E-state index contributed by atoms with van der Waals surface area (Å²) in [4.78, 5) is 16.3. The SMILES string of the molecule is CC(C)(NC(=O)c1cccnc1)c1ccc2c(c1)OCCO2. The fraction of sp³-hybridized carbons (Fsp3) is 0.294. The molecule has 0 saturated carbocycles. The predicted molar refractivity (Wildman–Crippen MR) is 82.2 cm³/mol. The molecule has 22 heavy (non-hydrogen) atoms. The molecule has 0 fully saturated rings. The van der Waals surface area contributed by atoms with Gasteiger partial charge in [-0.25, -0.2) is 0 Å². The number of pyridine rings is 1. The molecule has 5 nitrogen and oxygen atoms in total. The summed E-state index contributed by atoms with van der Waals surface area (Å²) in [6.45, 7) is 5.01. The number of fused-ring (bicyclic) bond motifs is 1. The van der Waals surface area contributed by atoms with Crippen LogP contribution in [0.4, 0.5) is 0 Å². The van der Waals surface area contributed by atoms with E-state index in [9.17, 15) is 4.79 Å². The molecule has 2 aromatic rings. The Morgan fingerprint density at radius 2 is 1.95 bits per heavy atom. The first-order chi connectivity index (χ1) is 10.6. The monoisotopic (exact) mass is 298 g/mol. The van der Waals surface area contributed by atoms with Gasteiger partial charge in [-0.05, 0) is 43.7 Å². The van der Waals surface area contributed by atoms with Gasteiger partial charge in [0.15, 0.2) is 11.5 Å². The van der Waals surface area contributed by atoms with Gasteiger partial charge in [0.2, 0.25) is 0 Å². The van der Waals surface area contributed by atoms with Crippen molar-refractivity contribution in [2.45, 2.75) is 19.4 Å². The van der Waals surface area contributed by atoms with Crippen LogP contribution in [0.25, 0.3) is 0 Å². The first kappa shape index (κ1) is 14.4. The molecule has 2 heterocycles. The smallest absolute Gasteiger partial charge is 0.253 e. The summed E-state index contributed by atoms with van der Waals surface area (Å²) in [7, 11) is 0. The number of rotatable bonds is 3. The van der Waals surface area contributed by atoms with Crippen molar-refractivity contribution < 1.29 is 14.3 Å². The third kappa shape index (κ3) is 2.88. The third-order valence-corrected chi connectivity index (χ3v) is 3.61. The number of hydrogen-bond acceptors (Lipinski definition) is 4. The van der Waals surface area contributed by atoms with Crippen molar-refractivity contribution in [3.05, 3.63) is 53.9 Å². The number of carbonyl (C=O) groups is 1. The molecule has 1 N–H and O–H groups in total. The summed E-state index contributed by atoms with van der Waals surface area (Å²) < 4.78 is 11.1. The molecule has 1 aromatic carbocycles. The number of nitrogens with zero attached hydrogens (tertiary/aromatic N) is 1. The van der Waals surface area contributed by atoms with Gasteiger partial charge >= 0.3 is 0 Å². The van der Waals surface area contributed by atoms with Crippen molar-refractivity contribution in [2.75, 3.05) is 13.2 Å². The highest BCUT2D eigenvalue weighted by atomic mass is 16.6. The van der Waals surface area contributed by atoms with Crippen LogP contribution in [0, 0.1) is 0 Å². The Bertz CT molecular complexity index is 684. The van der Waals surface area contributed by atoms with E-state index in [-0.39, 0.29) is 5.91 Å². The van der Waals surface area contributed by atoms with Crippen molar-refractivity contribution in [3.8, 4) is 11.5 Å². The molecule has 0 atom stereocenters. The van der Waals surface area contributed by atoms with Gasteiger partial charge in [-0.3, -0.25) is 9.78 Å². The van der Waals surface area contributed by atoms with Gasteiger partial charge in [0.05, 0.1) is 11.1 Å². The number of nitrogens with one attached hydrogen (secondary N) is 1. The van der Waals surface area contributed by atoms with Crippen molar-refractivity contribution in [1.82, 2.24) is 10.3 Å². The minimum Gasteiger partial charge on any atom is -0.486 e. The van der Waals surface area contributed by atoms with Crippen molar-refractivity contribution >= 4 is 5.91 Å². The molecule has 5 heteroatoms. The predicted octanol–water partition coefficient (Wildman–Crippen LogP) is 2.52. The summed E-state index contributed by atoms with van der Waals surface area (Å²) in [5.74, 6) is 1.30. The molecule has 0 spiro atoms. The number of aromatic nitrogens is 1. The minimum absolute atomic E-state index is 0.159. The summed E-state index contributed by atoms with van der Waals surface area (Å²) >= 11 is 0. The lowest BCUT2D eigenvalue weighted by Crippen LogP contribution is -2.41.